The van der Waals surface area contributed by atoms with Crippen molar-refractivity contribution in [3.63, 3.8) is 0 Å². The van der Waals surface area contributed by atoms with E-state index < -0.39 is 35.5 Å². The molecule has 0 aliphatic carbocycles. The maximum Gasteiger partial charge on any atom is 0.441 e. The van der Waals surface area contributed by atoms with Crippen LogP contribution in [-0.2, 0) is 19.1 Å². The van der Waals surface area contributed by atoms with Gasteiger partial charge in [-0.2, -0.15) is 4.79 Å². The van der Waals surface area contributed by atoms with Crippen LogP contribution in [0.15, 0.2) is 12.7 Å². The van der Waals surface area contributed by atoms with Crippen LogP contribution in [0.4, 0.5) is 0 Å². The first-order valence-corrected chi connectivity index (χ1v) is 5.94. The third-order valence-corrected chi connectivity index (χ3v) is 2.88. The molecule has 8 nitrogen and oxygen atoms in total. The zero-order valence-corrected chi connectivity index (χ0v) is 10.9. The van der Waals surface area contributed by atoms with Gasteiger partial charge in [0.05, 0.1) is 18.1 Å². The van der Waals surface area contributed by atoms with Crippen molar-refractivity contribution in [1.29, 1.82) is 0 Å². The number of hydrogen-bond donors (Lipinski definition) is 2. The first-order valence-electron chi connectivity index (χ1n) is 5.94. The molecule has 108 valence electrons. The Balaban J connectivity index is 2.66. The molecule has 1 heterocycles. The number of amides is 1. The van der Waals surface area contributed by atoms with E-state index in [0.29, 0.717) is 0 Å². The van der Waals surface area contributed by atoms with Gasteiger partial charge in [0.25, 0.3) is 5.78 Å². The average molecular weight is 281 g/mol. The Morgan fingerprint density at radius 2 is 2.30 bits per heavy atom. The highest BCUT2D eigenvalue weighted by Gasteiger charge is 2.45. The standard InChI is InChI=1S/C12H15N3O5/c1-3-4-20-12(19)10(15-13)8(17)5-7-9(6(2)16)11(18)14-7/h3,6-7,9,16H,1,4-5H2,2H3,(H,14,18)/t6-,7-,9-/m1/s1. The summed E-state index contributed by atoms with van der Waals surface area (Å²) in [7, 11) is 0. The van der Waals surface area contributed by atoms with Crippen molar-refractivity contribution in [2.45, 2.75) is 25.5 Å². The van der Waals surface area contributed by atoms with Crippen molar-refractivity contribution in [3.8, 4) is 0 Å². The predicted molar refractivity (Wildman–Crippen MR) is 66.5 cm³/mol. The average Bonchev–Trinajstić information content (AvgIpc) is 2.35. The Morgan fingerprint density at radius 3 is 2.75 bits per heavy atom. The number of carbonyl (C=O) groups excluding carboxylic acids is 3. The second kappa shape index (κ2) is 6.74. The van der Waals surface area contributed by atoms with Gasteiger partial charge in [-0.05, 0) is 6.92 Å². The smallest absolute Gasteiger partial charge is 0.441 e. The molecule has 0 aromatic carbocycles. The van der Waals surface area contributed by atoms with E-state index in [1.165, 1.54) is 13.0 Å². The van der Waals surface area contributed by atoms with Crippen molar-refractivity contribution in [2.24, 2.45) is 5.92 Å². The van der Waals surface area contributed by atoms with Crippen molar-refractivity contribution < 1.29 is 29.0 Å². The number of ether oxygens (including phenoxy) is 1. The van der Waals surface area contributed by atoms with Gasteiger partial charge in [0.1, 0.15) is 6.61 Å². The van der Waals surface area contributed by atoms with Crippen LogP contribution in [0.1, 0.15) is 13.3 Å². The van der Waals surface area contributed by atoms with Crippen LogP contribution < -0.4 is 5.32 Å². The molecule has 2 N–H and O–H groups in total. The maximum absolute atomic E-state index is 11.8. The van der Waals surface area contributed by atoms with Crippen molar-refractivity contribution >= 4 is 23.4 Å². The maximum atomic E-state index is 11.8. The molecule has 0 radical (unpaired) electrons. The summed E-state index contributed by atoms with van der Waals surface area (Å²) in [4.78, 5) is 37.1. The third kappa shape index (κ3) is 3.37. The lowest BCUT2D eigenvalue weighted by Gasteiger charge is -2.37. The number of hydrogen-bond acceptors (Lipinski definition) is 5. The minimum absolute atomic E-state index is 0.123. The first-order chi connectivity index (χ1) is 9.42. The number of ketones is 1. The number of carbonyl (C=O) groups is 3. The molecule has 1 saturated heterocycles. The van der Waals surface area contributed by atoms with Gasteiger partial charge in [0, 0.05) is 6.42 Å². The second-order valence-electron chi connectivity index (χ2n) is 4.34. The molecule has 8 heteroatoms. The monoisotopic (exact) mass is 281 g/mol. The number of β-lactam (4-membered cyclic amide) rings is 1. The molecule has 0 unspecified atom stereocenters. The van der Waals surface area contributed by atoms with E-state index in [1.807, 2.05) is 0 Å². The fourth-order valence-electron chi connectivity index (χ4n) is 1.90. The van der Waals surface area contributed by atoms with Crippen LogP contribution in [0.5, 0.6) is 0 Å². The molecular formula is C12H15N3O5. The van der Waals surface area contributed by atoms with Gasteiger partial charge in [-0.1, -0.05) is 12.7 Å². The molecule has 1 amide bonds. The molecule has 3 atom stereocenters. The molecule has 20 heavy (non-hydrogen) atoms. The van der Waals surface area contributed by atoms with E-state index in [2.05, 4.69) is 21.4 Å². The Morgan fingerprint density at radius 1 is 1.65 bits per heavy atom. The van der Waals surface area contributed by atoms with Gasteiger partial charge in [0.2, 0.25) is 5.91 Å². The van der Waals surface area contributed by atoms with Gasteiger partial charge in [-0.3, -0.25) is 9.59 Å². The second-order valence-corrected chi connectivity index (χ2v) is 4.34. The van der Waals surface area contributed by atoms with Crippen LogP contribution in [0.25, 0.3) is 5.53 Å². The van der Waals surface area contributed by atoms with Gasteiger partial charge >= 0.3 is 11.7 Å². The molecule has 0 aromatic rings. The molecule has 0 spiro atoms. The van der Waals surface area contributed by atoms with Crippen LogP contribution >= 0.6 is 0 Å². The molecular weight excluding hydrogens is 266 g/mol. The minimum Gasteiger partial charge on any atom is -0.453 e. The molecule has 1 aliphatic rings. The molecule has 0 saturated carbocycles. The normalized spacial score (nSPS) is 21.8. The van der Waals surface area contributed by atoms with Crippen molar-refractivity contribution in [3.05, 3.63) is 18.2 Å². The molecule has 1 fully saturated rings. The summed E-state index contributed by atoms with van der Waals surface area (Å²) in [6, 6.07) is -0.598. The molecule has 1 aliphatic heterocycles. The van der Waals surface area contributed by atoms with Crippen LogP contribution in [0.2, 0.25) is 0 Å². The Bertz CT molecular complexity index is 493. The number of aliphatic hydroxyl groups excluding tert-OH is 1. The zero-order chi connectivity index (χ0) is 15.3. The summed E-state index contributed by atoms with van der Waals surface area (Å²) >= 11 is 0. The minimum atomic E-state index is -1.07. The number of nitrogens with one attached hydrogen (secondary N) is 1. The lowest BCUT2D eigenvalue weighted by molar-refractivity contribution is -0.143. The topological polar surface area (TPSA) is 129 Å². The van der Waals surface area contributed by atoms with Crippen LogP contribution in [0.3, 0.4) is 0 Å². The Labute approximate surface area is 115 Å². The van der Waals surface area contributed by atoms with Gasteiger partial charge in [-0.15, -0.1) is 0 Å². The highest BCUT2D eigenvalue weighted by molar-refractivity contribution is 6.62. The summed E-state index contributed by atoms with van der Waals surface area (Å²) in [5.74, 6) is -2.94. The predicted octanol–water partition coefficient (Wildman–Crippen LogP) is -1.16. The van der Waals surface area contributed by atoms with Gasteiger partial charge in [0.15, 0.2) is 0 Å². The number of aliphatic hydroxyl groups is 1. The van der Waals surface area contributed by atoms with Gasteiger partial charge in [-0.25, -0.2) is 4.79 Å². The van der Waals surface area contributed by atoms with Crippen LogP contribution in [-0.4, -0.2) is 52.0 Å². The first kappa shape index (κ1) is 15.7. The molecule has 1 rings (SSSR count). The summed E-state index contributed by atoms with van der Waals surface area (Å²) in [5.41, 5.74) is 7.95. The van der Waals surface area contributed by atoms with E-state index in [4.69, 9.17) is 5.53 Å². The summed E-state index contributed by atoms with van der Waals surface area (Å²) < 4.78 is 4.59. The molecule has 0 aromatic heterocycles. The van der Waals surface area contributed by atoms with E-state index in [1.54, 1.807) is 0 Å². The number of nitrogens with zero attached hydrogens (tertiary/aromatic N) is 2. The fourth-order valence-corrected chi connectivity index (χ4v) is 1.90. The van der Waals surface area contributed by atoms with Crippen LogP contribution in [0, 0.1) is 5.92 Å². The largest absolute Gasteiger partial charge is 0.453 e. The van der Waals surface area contributed by atoms with Crippen molar-refractivity contribution in [2.75, 3.05) is 6.61 Å². The third-order valence-electron chi connectivity index (χ3n) is 2.88. The summed E-state index contributed by atoms with van der Waals surface area (Å²) in [6.45, 7) is 4.64. The Kier molecular flexibility index (Phi) is 5.31. The highest BCUT2D eigenvalue weighted by Crippen LogP contribution is 2.22. The number of rotatable bonds is 7. The van der Waals surface area contributed by atoms with E-state index >= 15 is 0 Å². The highest BCUT2D eigenvalue weighted by atomic mass is 16.5. The van der Waals surface area contributed by atoms with Gasteiger partial charge < -0.3 is 20.7 Å². The SMILES string of the molecule is C=CCOC(=O)C(=[N+]=[N-])C(=O)C[C@H]1NC(=O)[C@@H]1[C@@H](C)O. The Hall–Kier alpha value is -2.31. The lowest BCUT2D eigenvalue weighted by atomic mass is 9.82. The van der Waals surface area contributed by atoms with Crippen molar-refractivity contribution in [1.82, 2.24) is 5.32 Å². The number of Topliss-reactive ketones (excluding diaryl/α,β-unsaturated/α-hetero) is 1. The quantitative estimate of drug-likeness (QED) is 0.116. The fraction of sp³-hybridized carbons (Fsp3) is 0.500. The number of esters is 1. The summed E-state index contributed by atoms with van der Waals surface area (Å²) in [6.07, 6.45) is 0.125. The zero-order valence-electron chi connectivity index (χ0n) is 10.9. The molecule has 0 bridgehead atoms. The lowest BCUT2D eigenvalue weighted by Crippen LogP contribution is -2.62. The summed E-state index contributed by atoms with van der Waals surface area (Å²) in [5, 5.41) is 11.8. The van der Waals surface area contributed by atoms with E-state index in [-0.39, 0.29) is 18.9 Å². The van der Waals surface area contributed by atoms with E-state index in [9.17, 15) is 19.5 Å². The van der Waals surface area contributed by atoms with E-state index in [0.717, 1.165) is 0 Å².